The first kappa shape index (κ1) is 17.5. The summed E-state index contributed by atoms with van der Waals surface area (Å²) in [5.41, 5.74) is 5.76. The fourth-order valence-electron chi connectivity index (χ4n) is 1.99. The molecule has 0 bridgehead atoms. The Bertz CT molecular complexity index is 530. The van der Waals surface area contributed by atoms with Crippen LogP contribution in [-0.2, 0) is 4.79 Å². The molecule has 1 amide bonds. The number of aromatic carboxylic acids is 1. The Morgan fingerprint density at radius 2 is 2.00 bits per heavy atom. The topological polar surface area (TPSA) is 92.4 Å². The monoisotopic (exact) mass is 312 g/mol. The number of hydrogen-bond donors (Lipinski definition) is 3. The van der Waals surface area contributed by atoms with Gasteiger partial charge in [0.25, 0.3) is 0 Å². The average Bonchev–Trinajstić information content (AvgIpc) is 2.36. The highest BCUT2D eigenvalue weighted by Crippen LogP contribution is 2.27. The van der Waals surface area contributed by atoms with Gasteiger partial charge in [-0.1, -0.05) is 25.4 Å². The molecule has 5 nitrogen and oxygen atoms in total. The lowest BCUT2D eigenvalue weighted by Gasteiger charge is -2.23. The lowest BCUT2D eigenvalue weighted by Crippen LogP contribution is -2.21. The zero-order valence-corrected chi connectivity index (χ0v) is 13.0. The number of carbonyl (C=O) groups excluding carboxylic acids is 1. The molecule has 0 spiro atoms. The second-order valence-corrected chi connectivity index (χ2v) is 6.18. The average molecular weight is 313 g/mol. The van der Waals surface area contributed by atoms with Crippen LogP contribution in [0, 0.1) is 5.41 Å². The molecule has 0 aliphatic heterocycles. The van der Waals surface area contributed by atoms with Crippen molar-refractivity contribution in [3.05, 3.63) is 28.8 Å². The van der Waals surface area contributed by atoms with E-state index in [4.69, 9.17) is 22.4 Å². The maximum absolute atomic E-state index is 12.0. The highest BCUT2D eigenvalue weighted by molar-refractivity contribution is 6.31. The molecule has 1 aromatic rings. The molecule has 0 saturated carbocycles. The first-order valence-corrected chi connectivity index (χ1v) is 7.16. The fraction of sp³-hybridized carbons (Fsp3) is 0.467. The van der Waals surface area contributed by atoms with Crippen LogP contribution in [0.15, 0.2) is 18.2 Å². The second kappa shape index (κ2) is 7.43. The number of benzene rings is 1. The van der Waals surface area contributed by atoms with Gasteiger partial charge in [-0.15, -0.1) is 0 Å². The molecular weight excluding hydrogens is 292 g/mol. The summed E-state index contributed by atoms with van der Waals surface area (Å²) in [5, 5.41) is 12.1. The van der Waals surface area contributed by atoms with Crippen molar-refractivity contribution in [2.75, 3.05) is 11.9 Å². The van der Waals surface area contributed by atoms with Crippen molar-refractivity contribution in [2.45, 2.75) is 33.1 Å². The molecular formula is C15H21ClN2O3. The second-order valence-electron chi connectivity index (χ2n) is 5.75. The zero-order chi connectivity index (χ0) is 16.0. The number of carbonyl (C=O) groups is 2. The number of carboxylic acids is 1. The number of rotatable bonds is 7. The van der Waals surface area contributed by atoms with E-state index in [1.807, 2.05) is 0 Å². The predicted molar refractivity (Wildman–Crippen MR) is 83.7 cm³/mol. The Kier molecular flexibility index (Phi) is 6.18. The summed E-state index contributed by atoms with van der Waals surface area (Å²) in [6.45, 7) is 4.68. The van der Waals surface area contributed by atoms with Gasteiger partial charge in [0.15, 0.2) is 0 Å². The Morgan fingerprint density at radius 1 is 1.33 bits per heavy atom. The van der Waals surface area contributed by atoms with Gasteiger partial charge in [0.2, 0.25) is 5.91 Å². The minimum absolute atomic E-state index is 0.0178. The molecule has 6 heteroatoms. The number of nitrogens with two attached hydrogens (primary N) is 1. The summed E-state index contributed by atoms with van der Waals surface area (Å²) < 4.78 is 0. The van der Waals surface area contributed by atoms with Crippen LogP contribution >= 0.6 is 11.6 Å². The Hall–Kier alpha value is -1.59. The van der Waals surface area contributed by atoms with Crippen LogP contribution in [0.4, 0.5) is 5.69 Å². The summed E-state index contributed by atoms with van der Waals surface area (Å²) in [6, 6.07) is 4.29. The molecule has 0 unspecified atom stereocenters. The first-order valence-electron chi connectivity index (χ1n) is 6.78. The summed E-state index contributed by atoms with van der Waals surface area (Å²) in [4.78, 5) is 23.1. The van der Waals surface area contributed by atoms with Crippen LogP contribution < -0.4 is 11.1 Å². The predicted octanol–water partition coefficient (Wildman–Crippen LogP) is 3.13. The summed E-state index contributed by atoms with van der Waals surface area (Å²) >= 11 is 5.84. The maximum Gasteiger partial charge on any atom is 0.337 e. The molecule has 21 heavy (non-hydrogen) atoms. The van der Waals surface area contributed by atoms with Crippen molar-refractivity contribution < 1.29 is 14.7 Å². The van der Waals surface area contributed by atoms with Crippen molar-refractivity contribution in [2.24, 2.45) is 11.1 Å². The SMILES string of the molecule is CC(C)(CCN)CCC(=O)Nc1cc(Cl)ccc1C(=O)O. The molecule has 0 fully saturated rings. The normalized spacial score (nSPS) is 11.2. The van der Waals surface area contributed by atoms with Gasteiger partial charge in [-0.3, -0.25) is 4.79 Å². The molecule has 0 saturated heterocycles. The third-order valence-corrected chi connectivity index (χ3v) is 3.57. The molecule has 0 radical (unpaired) electrons. The summed E-state index contributed by atoms with van der Waals surface area (Å²) in [5.74, 6) is -1.34. The van der Waals surface area contributed by atoms with Crippen molar-refractivity contribution in [3.63, 3.8) is 0 Å². The van der Waals surface area contributed by atoms with Crippen LogP contribution in [0.1, 0.15) is 43.5 Å². The van der Waals surface area contributed by atoms with Crippen molar-refractivity contribution >= 4 is 29.2 Å². The Balaban J connectivity index is 2.71. The van der Waals surface area contributed by atoms with E-state index >= 15 is 0 Å². The van der Waals surface area contributed by atoms with Gasteiger partial charge in [-0.2, -0.15) is 0 Å². The minimum atomic E-state index is -1.11. The van der Waals surface area contributed by atoms with Crippen molar-refractivity contribution in [3.8, 4) is 0 Å². The van der Waals surface area contributed by atoms with Crippen molar-refractivity contribution in [1.82, 2.24) is 0 Å². The third kappa shape index (κ3) is 5.73. The van der Waals surface area contributed by atoms with E-state index in [0.29, 0.717) is 24.4 Å². The van der Waals surface area contributed by atoms with E-state index < -0.39 is 5.97 Å². The van der Waals surface area contributed by atoms with Gasteiger partial charge in [0.05, 0.1) is 11.3 Å². The molecule has 116 valence electrons. The lowest BCUT2D eigenvalue weighted by molar-refractivity contribution is -0.116. The van der Waals surface area contributed by atoms with E-state index in [1.54, 1.807) is 0 Å². The number of hydrogen-bond acceptors (Lipinski definition) is 3. The van der Waals surface area contributed by atoms with E-state index in [9.17, 15) is 9.59 Å². The van der Waals surface area contributed by atoms with Crippen LogP contribution in [0.2, 0.25) is 5.02 Å². The van der Waals surface area contributed by atoms with Gasteiger partial charge in [0.1, 0.15) is 0 Å². The molecule has 0 aliphatic rings. The minimum Gasteiger partial charge on any atom is -0.478 e. The largest absolute Gasteiger partial charge is 0.478 e. The lowest BCUT2D eigenvalue weighted by atomic mass is 9.84. The molecule has 0 heterocycles. The number of halogens is 1. The van der Waals surface area contributed by atoms with Gasteiger partial charge in [0, 0.05) is 11.4 Å². The zero-order valence-electron chi connectivity index (χ0n) is 12.3. The van der Waals surface area contributed by atoms with Gasteiger partial charge < -0.3 is 16.2 Å². The summed E-state index contributed by atoms with van der Waals surface area (Å²) in [6.07, 6.45) is 1.81. The first-order chi connectivity index (χ1) is 9.75. The number of amides is 1. The maximum atomic E-state index is 12.0. The Labute approximate surface area is 129 Å². The van der Waals surface area contributed by atoms with Gasteiger partial charge in [-0.05, 0) is 43.0 Å². The van der Waals surface area contributed by atoms with Crippen LogP contribution in [0.25, 0.3) is 0 Å². The van der Waals surface area contributed by atoms with Crippen LogP contribution in [0.3, 0.4) is 0 Å². The molecule has 0 atom stereocenters. The van der Waals surface area contributed by atoms with Crippen molar-refractivity contribution in [1.29, 1.82) is 0 Å². The molecule has 1 rings (SSSR count). The van der Waals surface area contributed by atoms with E-state index in [-0.39, 0.29) is 22.6 Å². The summed E-state index contributed by atoms with van der Waals surface area (Å²) in [7, 11) is 0. The molecule has 1 aromatic carbocycles. The number of carboxylic acid groups (broad SMARTS) is 1. The van der Waals surface area contributed by atoms with Gasteiger partial charge >= 0.3 is 5.97 Å². The van der Waals surface area contributed by atoms with E-state index in [1.165, 1.54) is 18.2 Å². The molecule has 4 N–H and O–H groups in total. The number of anilines is 1. The molecule has 0 aliphatic carbocycles. The molecule has 0 aromatic heterocycles. The van der Waals surface area contributed by atoms with Gasteiger partial charge in [-0.25, -0.2) is 4.79 Å². The fourth-order valence-corrected chi connectivity index (χ4v) is 2.16. The Morgan fingerprint density at radius 3 is 2.57 bits per heavy atom. The van der Waals surface area contributed by atoms with Crippen LogP contribution in [-0.4, -0.2) is 23.5 Å². The number of nitrogens with one attached hydrogen (secondary N) is 1. The highest BCUT2D eigenvalue weighted by atomic mass is 35.5. The van der Waals surface area contributed by atoms with Crippen LogP contribution in [0.5, 0.6) is 0 Å². The standard InChI is InChI=1S/C15H21ClN2O3/c1-15(2,7-8-17)6-5-13(19)18-12-9-10(16)3-4-11(12)14(20)21/h3-4,9H,5-8,17H2,1-2H3,(H,18,19)(H,20,21). The van der Waals surface area contributed by atoms with E-state index in [0.717, 1.165) is 6.42 Å². The quantitative estimate of drug-likeness (QED) is 0.721. The third-order valence-electron chi connectivity index (χ3n) is 3.34. The highest BCUT2D eigenvalue weighted by Gasteiger charge is 2.19. The smallest absolute Gasteiger partial charge is 0.337 e. The van der Waals surface area contributed by atoms with E-state index in [2.05, 4.69) is 19.2 Å².